The van der Waals surface area contributed by atoms with Crippen LogP contribution in [0.3, 0.4) is 0 Å². The van der Waals surface area contributed by atoms with Crippen molar-refractivity contribution in [3.05, 3.63) is 494 Å². The highest BCUT2D eigenvalue weighted by atomic mass is 14.1. The molecule has 0 fully saturated rings. The molecule has 0 spiro atoms. The topological polar surface area (TPSA) is 0 Å². The zero-order valence-electron chi connectivity index (χ0n) is 95.8. The normalized spacial score (nSPS) is 8.53. The fourth-order valence-electron chi connectivity index (χ4n) is 12.8. The van der Waals surface area contributed by atoms with Crippen LogP contribution in [0.2, 0.25) is 0 Å². The third kappa shape index (κ3) is 58.4. The third-order valence-electron chi connectivity index (χ3n) is 18.6. The van der Waals surface area contributed by atoms with Crippen LogP contribution in [-0.4, -0.2) is 0 Å². The number of aryl methyl sites for hydroxylation is 7. The van der Waals surface area contributed by atoms with Gasteiger partial charge in [-0.15, -0.1) is 0 Å². The molecule has 17 aromatic carbocycles. The fraction of sp³-hybridized carbons (Fsp3) is 0.277. The molecular weight excluding hydrogens is 1690 g/mol. The Bertz CT molecular complexity index is 5370. The lowest BCUT2D eigenvalue weighted by atomic mass is 9.93. The van der Waals surface area contributed by atoms with E-state index in [1.54, 1.807) is 0 Å². The molecule has 0 amide bonds. The molecule has 0 bridgehead atoms. The van der Waals surface area contributed by atoms with Gasteiger partial charge >= 0.3 is 0 Å². The van der Waals surface area contributed by atoms with E-state index in [4.69, 9.17) is 0 Å². The summed E-state index contributed by atoms with van der Waals surface area (Å²) >= 11 is 0. The zero-order valence-corrected chi connectivity index (χ0v) is 95.8. The van der Waals surface area contributed by atoms with Gasteiger partial charge in [0.2, 0.25) is 0 Å². The summed E-state index contributed by atoms with van der Waals surface area (Å²) in [5.41, 5.74) is 34.5. The first kappa shape index (κ1) is 138. The van der Waals surface area contributed by atoms with Gasteiger partial charge in [0.15, 0.2) is 0 Å². The van der Waals surface area contributed by atoms with E-state index >= 15 is 0 Å². The minimum Gasteiger partial charge on any atom is -0.0683 e. The van der Waals surface area contributed by atoms with Crippen molar-refractivity contribution in [2.75, 3.05) is 0 Å². The fourth-order valence-corrected chi connectivity index (χ4v) is 12.8. The van der Waals surface area contributed by atoms with Crippen molar-refractivity contribution in [2.45, 2.75) is 270 Å². The van der Waals surface area contributed by atoms with Crippen molar-refractivity contribution in [1.82, 2.24) is 0 Å². The Balaban J connectivity index is -0.000000365. The van der Waals surface area contributed by atoms with E-state index in [1.807, 2.05) is 264 Å². The average molecular weight is 1890 g/mol. The number of rotatable bonds is 10. The Morgan fingerprint density at radius 1 is 0.0851 bits per heavy atom. The molecular formula is C141H192. The summed E-state index contributed by atoms with van der Waals surface area (Å²) < 4.78 is 0. The van der Waals surface area contributed by atoms with Gasteiger partial charge in [-0.3, -0.25) is 0 Å². The van der Waals surface area contributed by atoms with Gasteiger partial charge in [0, 0.05) is 0 Å². The SMILES string of the molecule is CC.CC.CC.CC.CC.CC.CC.CC.CC.CC.CC.CC.CC.CC.CC.CC.Cc1cc(-c2ccccc2)cc(-c2ccccc2)c1.Cc1ccc(-c2ccccc2)cc1.Cc1cccc(-c2cc(-c3ccccc3)cc(-c3ccccc3)c2)c1.Cc1cccc(-c2cccc(-c3ccccc3)c2)c1.Cc1cccc(-c2ccccc2)c1.Cc1ccccc1.Cc1ccccc1-c1ccccc1. The van der Waals surface area contributed by atoms with Crippen LogP contribution in [0, 0.1) is 48.5 Å². The molecule has 0 nitrogen and oxygen atoms in total. The molecule has 756 valence electrons. The van der Waals surface area contributed by atoms with Crippen LogP contribution in [-0.2, 0) is 0 Å². The van der Waals surface area contributed by atoms with Gasteiger partial charge in [0.1, 0.15) is 0 Å². The van der Waals surface area contributed by atoms with E-state index in [9.17, 15) is 0 Å². The van der Waals surface area contributed by atoms with E-state index < -0.39 is 0 Å². The Morgan fingerprint density at radius 3 is 0.475 bits per heavy atom. The van der Waals surface area contributed by atoms with E-state index in [-0.39, 0.29) is 0 Å². The summed E-state index contributed by atoms with van der Waals surface area (Å²) in [6.07, 6.45) is 0. The Labute approximate surface area is 869 Å². The maximum Gasteiger partial charge on any atom is -0.0155 e. The van der Waals surface area contributed by atoms with E-state index in [0.29, 0.717) is 0 Å². The van der Waals surface area contributed by atoms with Crippen molar-refractivity contribution in [3.63, 3.8) is 0 Å². The van der Waals surface area contributed by atoms with Crippen LogP contribution in [0.25, 0.3) is 111 Å². The monoisotopic (exact) mass is 1890 g/mol. The summed E-state index contributed by atoms with van der Waals surface area (Å²) in [5.74, 6) is 0. The van der Waals surface area contributed by atoms with Crippen LogP contribution >= 0.6 is 0 Å². The summed E-state index contributed by atoms with van der Waals surface area (Å²) in [6.45, 7) is 78.9. The molecule has 0 heterocycles. The summed E-state index contributed by atoms with van der Waals surface area (Å²) in [6, 6.07) is 160. The van der Waals surface area contributed by atoms with Gasteiger partial charge in [-0.25, -0.2) is 0 Å². The van der Waals surface area contributed by atoms with Gasteiger partial charge in [-0.05, 0) is 201 Å². The Kier molecular flexibility index (Phi) is 96.6. The Morgan fingerprint density at radius 2 is 0.227 bits per heavy atom. The predicted octanol–water partition coefficient (Wildman–Crippen LogP) is 47.1. The van der Waals surface area contributed by atoms with Gasteiger partial charge in [0.25, 0.3) is 0 Å². The lowest BCUT2D eigenvalue weighted by molar-refractivity contribution is 1.46. The molecule has 0 aromatic heterocycles. The second-order valence-electron chi connectivity index (χ2n) is 27.3. The molecule has 0 aliphatic carbocycles. The maximum absolute atomic E-state index is 2.29. The number of hydrogen-bond acceptors (Lipinski definition) is 0. The molecule has 0 radical (unpaired) electrons. The van der Waals surface area contributed by atoms with Crippen LogP contribution in [0.15, 0.2) is 455 Å². The first-order chi connectivity index (χ1) is 69.4. The number of hydrogen-bond donors (Lipinski definition) is 0. The van der Waals surface area contributed by atoms with Gasteiger partial charge in [0.05, 0.1) is 0 Å². The van der Waals surface area contributed by atoms with Crippen LogP contribution in [0.5, 0.6) is 0 Å². The molecule has 0 atom stereocenters. The van der Waals surface area contributed by atoms with Crippen LogP contribution < -0.4 is 0 Å². The molecule has 0 aliphatic rings. The molecule has 0 N–H and O–H groups in total. The van der Waals surface area contributed by atoms with E-state index in [0.717, 1.165) is 0 Å². The predicted molar refractivity (Wildman–Crippen MR) is 654 cm³/mol. The largest absolute Gasteiger partial charge is 0.0683 e. The highest BCUT2D eigenvalue weighted by Crippen LogP contribution is 2.35. The summed E-state index contributed by atoms with van der Waals surface area (Å²) in [5, 5.41) is 0. The second kappa shape index (κ2) is 98.3. The molecule has 0 saturated heterocycles. The zero-order chi connectivity index (χ0) is 108. The minimum atomic E-state index is 1.24. The first-order valence-electron chi connectivity index (χ1n) is 53.6. The average Bonchev–Trinajstić information content (AvgIpc) is 0.775. The highest BCUT2D eigenvalue weighted by Gasteiger charge is 2.10. The van der Waals surface area contributed by atoms with Crippen LogP contribution in [0.4, 0.5) is 0 Å². The summed E-state index contributed by atoms with van der Waals surface area (Å²) in [4.78, 5) is 0. The van der Waals surface area contributed by atoms with E-state index in [2.05, 4.69) is 461 Å². The summed E-state index contributed by atoms with van der Waals surface area (Å²) in [7, 11) is 0. The molecule has 17 aromatic rings. The van der Waals surface area contributed by atoms with E-state index in [1.165, 1.54) is 150 Å². The second-order valence-corrected chi connectivity index (χ2v) is 27.3. The third-order valence-corrected chi connectivity index (χ3v) is 18.6. The van der Waals surface area contributed by atoms with Crippen molar-refractivity contribution < 1.29 is 0 Å². The molecule has 141 heavy (non-hydrogen) atoms. The first-order valence-corrected chi connectivity index (χ1v) is 53.6. The quantitative estimate of drug-likeness (QED) is 0.128. The Hall–Kier alpha value is -13.3. The molecule has 0 heteroatoms. The lowest BCUT2D eigenvalue weighted by Gasteiger charge is -2.11. The van der Waals surface area contributed by atoms with Gasteiger partial charge in [-0.1, -0.05) is 674 Å². The van der Waals surface area contributed by atoms with Crippen molar-refractivity contribution in [3.8, 4) is 111 Å². The standard InChI is InChI=1S/C25H20.2C19H16.3C13H12.C7H8.16C2H6/c1-19-9-8-14-22(15-19)25-17-23(20-10-4-2-5-11-20)16-24(18-25)21-12-6-3-7-13-21;1-15-12-18(16-8-4-2-5-9-16)14-19(13-15)17-10-6-3-7-11-17;1-15-7-5-10-17(13-15)19-12-6-11-18(14-19)16-8-3-2-4-9-16;1-11-7-5-6-10-13(11)12-8-3-2-4-9-12;1-11-6-5-9-13(10-11)12-7-3-2-4-8-12;1-11-7-9-13(10-8-11)12-5-3-2-4-6-12;1-7-5-3-2-4-6-7;16*1-2/h2-18H,1H3;2*2-14H,1H3;3*2-10H,1H3;2-6H,1H3;16*1-2H3. The van der Waals surface area contributed by atoms with Crippen molar-refractivity contribution in [1.29, 1.82) is 0 Å². The lowest BCUT2D eigenvalue weighted by Crippen LogP contribution is -1.86. The molecule has 0 saturated carbocycles. The van der Waals surface area contributed by atoms with Crippen molar-refractivity contribution >= 4 is 0 Å². The van der Waals surface area contributed by atoms with Gasteiger partial charge < -0.3 is 0 Å². The smallest absolute Gasteiger partial charge is 0.0155 e. The van der Waals surface area contributed by atoms with Crippen LogP contribution in [0.1, 0.15) is 261 Å². The molecule has 0 aliphatic heterocycles. The highest BCUT2D eigenvalue weighted by molar-refractivity contribution is 5.82. The molecule has 0 unspecified atom stereocenters. The molecule has 17 rings (SSSR count). The van der Waals surface area contributed by atoms with Crippen molar-refractivity contribution in [2.24, 2.45) is 0 Å². The maximum atomic E-state index is 2.29. The minimum absolute atomic E-state index is 1.24. The van der Waals surface area contributed by atoms with Gasteiger partial charge in [-0.2, -0.15) is 0 Å². The number of benzene rings is 17.